The monoisotopic (exact) mass is 425 g/mol. The first-order chi connectivity index (χ1) is 14.0. The largest absolute Gasteiger partial charge is 0.573 e. The molecule has 0 saturated carbocycles. The Morgan fingerprint density at radius 3 is 2.20 bits per heavy atom. The molecule has 0 heterocycles. The van der Waals surface area contributed by atoms with E-state index in [4.69, 9.17) is 9.47 Å². The normalized spacial score (nSPS) is 11.5. The minimum absolute atomic E-state index is 0.0231. The van der Waals surface area contributed by atoms with Crippen molar-refractivity contribution in [1.29, 1.82) is 0 Å². The first-order valence-electron chi connectivity index (χ1n) is 9.02. The number of aldehydes is 1. The van der Waals surface area contributed by atoms with E-state index in [9.17, 15) is 22.8 Å². The number of amides is 1. The molecule has 1 amide bonds. The Morgan fingerprint density at radius 1 is 1.00 bits per heavy atom. The lowest BCUT2D eigenvalue weighted by molar-refractivity contribution is -0.275. The molecule has 162 valence electrons. The summed E-state index contributed by atoms with van der Waals surface area (Å²) in [7, 11) is 0. The van der Waals surface area contributed by atoms with Crippen LogP contribution in [0, 0.1) is 0 Å². The molecule has 0 aliphatic carbocycles. The molecule has 2 aromatic carbocycles. The molecule has 30 heavy (non-hydrogen) atoms. The van der Waals surface area contributed by atoms with Gasteiger partial charge in [0.1, 0.15) is 18.5 Å². The van der Waals surface area contributed by atoms with Crippen molar-refractivity contribution in [1.82, 2.24) is 5.32 Å². The summed E-state index contributed by atoms with van der Waals surface area (Å²) in [6.07, 6.45) is -4.90. The summed E-state index contributed by atoms with van der Waals surface area (Å²) < 4.78 is 52.9. The van der Waals surface area contributed by atoms with Crippen LogP contribution in [0.15, 0.2) is 42.5 Å². The third-order valence-electron chi connectivity index (χ3n) is 3.58. The third kappa shape index (κ3) is 7.65. The van der Waals surface area contributed by atoms with Crippen LogP contribution >= 0.6 is 0 Å². The van der Waals surface area contributed by atoms with Gasteiger partial charge in [-0.1, -0.05) is 30.3 Å². The molecule has 2 aromatic rings. The van der Waals surface area contributed by atoms with Gasteiger partial charge in [-0.15, -0.1) is 13.2 Å². The topological polar surface area (TPSA) is 73.9 Å². The summed E-state index contributed by atoms with van der Waals surface area (Å²) in [6.45, 7) is 5.05. The van der Waals surface area contributed by atoms with Crippen LogP contribution in [0.2, 0.25) is 0 Å². The number of rotatable bonds is 7. The summed E-state index contributed by atoms with van der Waals surface area (Å²) in [6, 6.07) is 10.4. The lowest BCUT2D eigenvalue weighted by atomic mass is 10.0. The summed E-state index contributed by atoms with van der Waals surface area (Å²) in [5.41, 5.74) is 0.831. The fourth-order valence-electron chi connectivity index (χ4n) is 2.39. The minimum atomic E-state index is -4.91. The lowest BCUT2D eigenvalue weighted by Crippen LogP contribution is -2.34. The summed E-state index contributed by atoms with van der Waals surface area (Å²) in [5.74, 6) is -0.650. The zero-order valence-electron chi connectivity index (χ0n) is 16.7. The molecule has 2 rings (SSSR count). The van der Waals surface area contributed by atoms with Crippen LogP contribution < -0.4 is 14.8 Å². The van der Waals surface area contributed by atoms with Crippen molar-refractivity contribution in [3.05, 3.63) is 48.0 Å². The molecule has 0 aliphatic heterocycles. The maximum absolute atomic E-state index is 12.8. The van der Waals surface area contributed by atoms with Gasteiger partial charge in [0.05, 0.1) is 6.54 Å². The Kier molecular flexibility index (Phi) is 7.31. The molecule has 0 spiro atoms. The van der Waals surface area contributed by atoms with E-state index in [2.05, 4.69) is 10.1 Å². The third-order valence-corrected chi connectivity index (χ3v) is 3.58. The van der Waals surface area contributed by atoms with E-state index >= 15 is 0 Å². The highest BCUT2D eigenvalue weighted by Crippen LogP contribution is 2.36. The summed E-state index contributed by atoms with van der Waals surface area (Å²) in [4.78, 5) is 22.3. The van der Waals surface area contributed by atoms with Gasteiger partial charge in [-0.05, 0) is 44.0 Å². The highest BCUT2D eigenvalue weighted by atomic mass is 19.4. The van der Waals surface area contributed by atoms with Crippen LogP contribution in [0.3, 0.4) is 0 Å². The molecule has 0 unspecified atom stereocenters. The van der Waals surface area contributed by atoms with Gasteiger partial charge < -0.3 is 19.5 Å². The van der Waals surface area contributed by atoms with Gasteiger partial charge in [-0.3, -0.25) is 4.79 Å². The predicted octanol–water partition coefficient (Wildman–Crippen LogP) is 4.97. The average Bonchev–Trinajstić information content (AvgIpc) is 2.63. The quantitative estimate of drug-likeness (QED) is 0.501. The van der Waals surface area contributed by atoms with Crippen molar-refractivity contribution >= 4 is 12.4 Å². The molecule has 0 aromatic heterocycles. The van der Waals surface area contributed by atoms with E-state index in [0.717, 1.165) is 0 Å². The van der Waals surface area contributed by atoms with Gasteiger partial charge in [0.2, 0.25) is 0 Å². The van der Waals surface area contributed by atoms with Crippen LogP contribution in [-0.4, -0.2) is 37.5 Å². The van der Waals surface area contributed by atoms with Crippen LogP contribution in [0.4, 0.5) is 18.0 Å². The number of nitrogens with one attached hydrogen (secondary N) is 1. The number of ether oxygens (including phenoxy) is 3. The van der Waals surface area contributed by atoms with Crippen molar-refractivity contribution in [2.45, 2.75) is 32.7 Å². The van der Waals surface area contributed by atoms with Crippen LogP contribution in [0.25, 0.3) is 11.1 Å². The van der Waals surface area contributed by atoms with Crippen LogP contribution in [-0.2, 0) is 4.74 Å². The number of hydrogen-bond donors (Lipinski definition) is 1. The molecule has 0 saturated heterocycles. The van der Waals surface area contributed by atoms with E-state index in [1.54, 1.807) is 51.1 Å². The number of carbonyl (C=O) groups excluding carboxylic acids is 2. The number of alkyl halides is 3. The zero-order chi connectivity index (χ0) is 22.4. The Bertz CT molecular complexity index is 874. The van der Waals surface area contributed by atoms with Crippen molar-refractivity contribution in [2.24, 2.45) is 0 Å². The fourth-order valence-corrected chi connectivity index (χ4v) is 2.39. The fraction of sp³-hybridized carbons (Fsp3) is 0.333. The molecule has 0 radical (unpaired) electrons. The molecule has 1 N–H and O–H groups in total. The molecule has 0 atom stereocenters. The van der Waals surface area contributed by atoms with E-state index in [1.807, 2.05) is 0 Å². The summed E-state index contributed by atoms with van der Waals surface area (Å²) in [5, 5.41) is 2.45. The second-order valence-corrected chi connectivity index (χ2v) is 7.23. The van der Waals surface area contributed by atoms with Gasteiger partial charge in [0, 0.05) is 5.56 Å². The highest BCUT2D eigenvalue weighted by Gasteiger charge is 2.32. The van der Waals surface area contributed by atoms with E-state index in [1.165, 1.54) is 12.1 Å². The SMILES string of the molecule is CC(C)(C)OC(=O)NCCOc1ccc(-c2ccc(C=O)cc2)cc1OC(F)(F)F. The zero-order valence-corrected chi connectivity index (χ0v) is 16.7. The maximum atomic E-state index is 12.8. The van der Waals surface area contributed by atoms with E-state index in [-0.39, 0.29) is 18.9 Å². The van der Waals surface area contributed by atoms with Crippen LogP contribution in [0.5, 0.6) is 11.5 Å². The minimum Gasteiger partial charge on any atom is -0.488 e. The Labute approximate surface area is 171 Å². The molecule has 0 fully saturated rings. The number of alkyl carbamates (subject to hydrolysis) is 1. The van der Waals surface area contributed by atoms with Gasteiger partial charge in [0.25, 0.3) is 0 Å². The van der Waals surface area contributed by atoms with Gasteiger partial charge in [0.15, 0.2) is 11.5 Å². The molecule has 0 bridgehead atoms. The Morgan fingerprint density at radius 2 is 1.63 bits per heavy atom. The number of halogens is 3. The maximum Gasteiger partial charge on any atom is 0.573 e. The second-order valence-electron chi connectivity index (χ2n) is 7.23. The number of carbonyl (C=O) groups is 2. The predicted molar refractivity (Wildman–Crippen MR) is 104 cm³/mol. The molecule has 0 aliphatic rings. The first kappa shape index (κ1) is 23.1. The van der Waals surface area contributed by atoms with Crippen molar-refractivity contribution in [3.63, 3.8) is 0 Å². The van der Waals surface area contributed by atoms with Crippen LogP contribution in [0.1, 0.15) is 31.1 Å². The molecular weight excluding hydrogens is 403 g/mol. The van der Waals surface area contributed by atoms with Gasteiger partial charge in [-0.2, -0.15) is 0 Å². The second kappa shape index (κ2) is 9.51. The lowest BCUT2D eigenvalue weighted by Gasteiger charge is -2.20. The standard InChI is InChI=1S/C21H22F3NO5/c1-20(2,3)30-19(27)25-10-11-28-17-9-8-16(12-18(17)29-21(22,23)24)15-6-4-14(13-26)5-7-15/h4-9,12-13H,10-11H2,1-3H3,(H,25,27). The molecule has 6 nitrogen and oxygen atoms in total. The smallest absolute Gasteiger partial charge is 0.488 e. The average molecular weight is 425 g/mol. The van der Waals surface area contributed by atoms with Crippen molar-refractivity contribution in [2.75, 3.05) is 13.2 Å². The van der Waals surface area contributed by atoms with Crippen molar-refractivity contribution in [3.8, 4) is 22.6 Å². The Hall–Kier alpha value is -3.23. The molecule has 9 heteroatoms. The van der Waals surface area contributed by atoms with Gasteiger partial charge in [-0.25, -0.2) is 4.79 Å². The summed E-state index contributed by atoms with van der Waals surface area (Å²) >= 11 is 0. The molecular formula is C21H22F3NO5. The highest BCUT2D eigenvalue weighted by molar-refractivity contribution is 5.77. The van der Waals surface area contributed by atoms with E-state index in [0.29, 0.717) is 23.0 Å². The Balaban J connectivity index is 2.10. The van der Waals surface area contributed by atoms with E-state index < -0.39 is 23.8 Å². The number of benzene rings is 2. The first-order valence-corrected chi connectivity index (χ1v) is 9.02. The van der Waals surface area contributed by atoms with Crippen molar-refractivity contribution < 1.29 is 37.0 Å². The van der Waals surface area contributed by atoms with Gasteiger partial charge >= 0.3 is 12.5 Å². The number of hydrogen-bond acceptors (Lipinski definition) is 5.